The van der Waals surface area contributed by atoms with Gasteiger partial charge in [0.1, 0.15) is 5.75 Å². The number of rotatable bonds is 5. The van der Waals surface area contributed by atoms with E-state index in [2.05, 4.69) is 22.3 Å². The van der Waals surface area contributed by atoms with Crippen LogP contribution < -0.4 is 4.74 Å². The molecule has 1 atom stereocenters. The van der Waals surface area contributed by atoms with Crippen molar-refractivity contribution in [1.29, 1.82) is 0 Å². The number of amides is 1. The zero-order valence-corrected chi connectivity index (χ0v) is 16.6. The van der Waals surface area contributed by atoms with Gasteiger partial charge >= 0.3 is 0 Å². The summed E-state index contributed by atoms with van der Waals surface area (Å²) >= 11 is 1.29. The highest BCUT2D eigenvalue weighted by Crippen LogP contribution is 2.29. The van der Waals surface area contributed by atoms with Crippen molar-refractivity contribution in [2.45, 2.75) is 30.4 Å². The number of nitrogens with zero attached hydrogens (tertiary/aromatic N) is 3. The van der Waals surface area contributed by atoms with Crippen molar-refractivity contribution in [3.05, 3.63) is 59.7 Å². The largest absolute Gasteiger partial charge is 0.497 e. The molecule has 28 heavy (non-hydrogen) atoms. The molecule has 6 nitrogen and oxygen atoms in total. The van der Waals surface area contributed by atoms with Crippen molar-refractivity contribution in [2.24, 2.45) is 0 Å². The Hall–Kier alpha value is -2.80. The van der Waals surface area contributed by atoms with E-state index in [1.54, 1.807) is 7.11 Å². The third-order valence-electron chi connectivity index (χ3n) is 4.81. The van der Waals surface area contributed by atoms with Crippen molar-refractivity contribution in [1.82, 2.24) is 15.1 Å². The molecular weight excluding hydrogens is 374 g/mol. The molecule has 0 bridgehead atoms. The van der Waals surface area contributed by atoms with E-state index in [0.29, 0.717) is 17.7 Å². The number of benzene rings is 2. The highest BCUT2D eigenvalue weighted by molar-refractivity contribution is 8.00. The average Bonchev–Trinajstić information content (AvgIpc) is 3.21. The third kappa shape index (κ3) is 3.89. The van der Waals surface area contributed by atoms with Crippen molar-refractivity contribution in [3.63, 3.8) is 0 Å². The first-order valence-electron chi connectivity index (χ1n) is 9.14. The molecular formula is C21H21N3O3S. The van der Waals surface area contributed by atoms with E-state index < -0.39 is 0 Å². The number of fused-ring (bicyclic) bond motifs is 1. The monoisotopic (exact) mass is 395 g/mol. The Morgan fingerprint density at radius 1 is 1.14 bits per heavy atom. The number of carbonyl (C=O) groups excluding carboxylic acids is 1. The molecule has 1 aromatic heterocycles. The van der Waals surface area contributed by atoms with Crippen molar-refractivity contribution < 1.29 is 13.9 Å². The molecule has 3 aromatic rings. The van der Waals surface area contributed by atoms with Gasteiger partial charge in [-0.25, -0.2) is 0 Å². The van der Waals surface area contributed by atoms with E-state index in [1.165, 1.54) is 22.9 Å². The molecule has 1 aliphatic heterocycles. The quantitative estimate of drug-likeness (QED) is 0.612. The number of hydrogen-bond acceptors (Lipinski definition) is 6. The van der Waals surface area contributed by atoms with Crippen molar-refractivity contribution >= 4 is 17.7 Å². The van der Waals surface area contributed by atoms with Crippen LogP contribution in [0.2, 0.25) is 0 Å². The lowest BCUT2D eigenvalue weighted by Gasteiger charge is -2.30. The Labute approximate surface area is 167 Å². The van der Waals surface area contributed by atoms with Gasteiger partial charge in [-0.1, -0.05) is 36.0 Å². The Kier molecular flexibility index (Phi) is 5.34. The Morgan fingerprint density at radius 2 is 1.89 bits per heavy atom. The average molecular weight is 395 g/mol. The second kappa shape index (κ2) is 8.06. The summed E-state index contributed by atoms with van der Waals surface area (Å²) in [5, 5.41) is 8.27. The molecule has 0 N–H and O–H groups in total. The SMILES string of the molecule is COc1ccc(-c2nnc(S[C@H](C)C(=O)N3CCc4ccccc4C3)o2)cc1. The summed E-state index contributed by atoms with van der Waals surface area (Å²) < 4.78 is 10.9. The van der Waals surface area contributed by atoms with Gasteiger partial charge in [-0.05, 0) is 48.7 Å². The fraction of sp³-hybridized carbons (Fsp3) is 0.286. The normalized spacial score (nSPS) is 14.4. The number of thioether (sulfide) groups is 1. The molecule has 1 amide bonds. The highest BCUT2D eigenvalue weighted by Gasteiger charge is 2.26. The van der Waals surface area contributed by atoms with Gasteiger partial charge in [0.05, 0.1) is 12.4 Å². The minimum absolute atomic E-state index is 0.0868. The molecule has 0 fully saturated rings. The van der Waals surface area contributed by atoms with E-state index in [4.69, 9.17) is 9.15 Å². The van der Waals surface area contributed by atoms with Crippen molar-refractivity contribution in [3.8, 4) is 17.2 Å². The van der Waals surface area contributed by atoms with Crippen LogP contribution in [0.1, 0.15) is 18.1 Å². The fourth-order valence-electron chi connectivity index (χ4n) is 3.25. The third-order valence-corrected chi connectivity index (χ3v) is 5.73. The lowest BCUT2D eigenvalue weighted by Crippen LogP contribution is -2.40. The molecule has 0 saturated heterocycles. The number of methoxy groups -OCH3 is 1. The second-order valence-corrected chi connectivity index (χ2v) is 7.93. The molecule has 4 rings (SSSR count). The standard InChI is InChI=1S/C21H21N3O3S/c1-14(20(25)24-12-11-15-5-3-4-6-17(15)13-24)28-21-23-22-19(27-21)16-7-9-18(26-2)10-8-16/h3-10,14H,11-13H2,1-2H3/t14-/m1/s1. The first kappa shape index (κ1) is 18.6. The topological polar surface area (TPSA) is 68.5 Å². The van der Waals surface area contributed by atoms with Crippen LogP contribution in [0, 0.1) is 0 Å². The Bertz CT molecular complexity index is 971. The van der Waals surface area contributed by atoms with Gasteiger partial charge in [-0.15, -0.1) is 10.2 Å². The van der Waals surface area contributed by atoms with Gasteiger partial charge in [0.25, 0.3) is 5.22 Å². The van der Waals surface area contributed by atoms with Gasteiger partial charge in [-0.3, -0.25) is 4.79 Å². The maximum Gasteiger partial charge on any atom is 0.277 e. The summed E-state index contributed by atoms with van der Waals surface area (Å²) in [4.78, 5) is 14.8. The summed E-state index contributed by atoms with van der Waals surface area (Å²) in [6.07, 6.45) is 0.890. The predicted octanol–water partition coefficient (Wildman–Crippen LogP) is 3.81. The van der Waals surface area contributed by atoms with Crippen LogP contribution in [-0.2, 0) is 17.8 Å². The molecule has 0 unspecified atom stereocenters. The van der Waals surface area contributed by atoms with Crippen LogP contribution in [-0.4, -0.2) is 39.9 Å². The van der Waals surface area contributed by atoms with Crippen LogP contribution in [0.4, 0.5) is 0 Å². The Balaban J connectivity index is 1.40. The molecule has 2 heterocycles. The molecule has 0 aliphatic carbocycles. The lowest BCUT2D eigenvalue weighted by molar-refractivity contribution is -0.131. The first-order valence-corrected chi connectivity index (χ1v) is 10.0. The van der Waals surface area contributed by atoms with E-state index in [-0.39, 0.29) is 11.2 Å². The summed E-state index contributed by atoms with van der Waals surface area (Å²) in [7, 11) is 1.62. The minimum atomic E-state index is -0.297. The number of aromatic nitrogens is 2. The van der Waals surface area contributed by atoms with Crippen LogP contribution in [0.5, 0.6) is 5.75 Å². The smallest absolute Gasteiger partial charge is 0.277 e. The lowest BCUT2D eigenvalue weighted by atomic mass is 10.00. The number of hydrogen-bond donors (Lipinski definition) is 0. The van der Waals surface area contributed by atoms with Crippen LogP contribution in [0.15, 0.2) is 58.2 Å². The molecule has 0 spiro atoms. The van der Waals surface area contributed by atoms with Gasteiger partial charge in [0.2, 0.25) is 11.8 Å². The maximum atomic E-state index is 12.9. The molecule has 0 radical (unpaired) electrons. The highest BCUT2D eigenvalue weighted by atomic mass is 32.2. The summed E-state index contributed by atoms with van der Waals surface area (Å²) in [6, 6.07) is 15.7. The van der Waals surface area contributed by atoms with E-state index in [0.717, 1.165) is 24.3 Å². The summed E-state index contributed by atoms with van der Waals surface area (Å²) in [5.41, 5.74) is 3.36. The van der Waals surface area contributed by atoms with Gasteiger partial charge in [0.15, 0.2) is 0 Å². The molecule has 7 heteroatoms. The zero-order valence-electron chi connectivity index (χ0n) is 15.8. The number of carbonyl (C=O) groups is 1. The number of ether oxygens (including phenoxy) is 1. The predicted molar refractivity (Wildman–Crippen MR) is 107 cm³/mol. The van der Waals surface area contributed by atoms with Crippen LogP contribution in [0.25, 0.3) is 11.5 Å². The van der Waals surface area contributed by atoms with Crippen LogP contribution >= 0.6 is 11.8 Å². The molecule has 2 aromatic carbocycles. The maximum absolute atomic E-state index is 12.9. The molecule has 0 saturated carbocycles. The first-order chi connectivity index (χ1) is 13.6. The Morgan fingerprint density at radius 3 is 2.64 bits per heavy atom. The van der Waals surface area contributed by atoms with Gasteiger partial charge in [-0.2, -0.15) is 0 Å². The second-order valence-electron chi connectivity index (χ2n) is 6.64. The molecule has 144 valence electrons. The van der Waals surface area contributed by atoms with E-state index >= 15 is 0 Å². The van der Waals surface area contributed by atoms with E-state index in [1.807, 2.05) is 48.2 Å². The summed E-state index contributed by atoms with van der Waals surface area (Å²) in [6.45, 7) is 3.27. The van der Waals surface area contributed by atoms with Crippen LogP contribution in [0.3, 0.4) is 0 Å². The zero-order chi connectivity index (χ0) is 19.5. The molecule has 1 aliphatic rings. The van der Waals surface area contributed by atoms with Gasteiger partial charge in [0, 0.05) is 18.7 Å². The van der Waals surface area contributed by atoms with Crippen molar-refractivity contribution in [2.75, 3.05) is 13.7 Å². The van der Waals surface area contributed by atoms with E-state index in [9.17, 15) is 4.79 Å². The van der Waals surface area contributed by atoms with Gasteiger partial charge < -0.3 is 14.1 Å². The minimum Gasteiger partial charge on any atom is -0.497 e. The summed E-state index contributed by atoms with van der Waals surface area (Å²) in [5.74, 6) is 1.28. The fourth-order valence-corrected chi connectivity index (χ4v) is 4.02.